The number of halogens is 2. The zero-order valence-electron chi connectivity index (χ0n) is 15.8. The molecular formula is C20H16F2N4O2S. The van der Waals surface area contributed by atoms with Gasteiger partial charge in [-0.2, -0.15) is 0 Å². The number of carbonyl (C=O) groups excluding carboxylic acids is 1. The van der Waals surface area contributed by atoms with Gasteiger partial charge in [-0.15, -0.1) is 11.3 Å². The van der Waals surface area contributed by atoms with Crippen molar-refractivity contribution >= 4 is 43.4 Å². The van der Waals surface area contributed by atoms with Crippen LogP contribution in [0.2, 0.25) is 0 Å². The first-order valence-corrected chi connectivity index (χ1v) is 9.59. The summed E-state index contributed by atoms with van der Waals surface area (Å²) in [5, 5.41) is 3.30. The van der Waals surface area contributed by atoms with E-state index in [0.29, 0.717) is 16.0 Å². The fourth-order valence-electron chi connectivity index (χ4n) is 3.27. The molecule has 0 bridgehead atoms. The SMILES string of the molecule is Cc1cc(C)c2c(n1)sc1c(=O)n(CC(=O)Nc3ccc(F)c(F)c3)c(C)nc12. The second-order valence-corrected chi connectivity index (χ2v) is 7.77. The molecule has 1 N–H and O–H groups in total. The monoisotopic (exact) mass is 414 g/mol. The van der Waals surface area contributed by atoms with E-state index in [1.165, 1.54) is 22.0 Å². The number of rotatable bonds is 3. The topological polar surface area (TPSA) is 76.9 Å². The number of amides is 1. The minimum Gasteiger partial charge on any atom is -0.324 e. The van der Waals surface area contributed by atoms with E-state index in [0.717, 1.165) is 33.6 Å². The quantitative estimate of drug-likeness (QED) is 0.553. The van der Waals surface area contributed by atoms with Gasteiger partial charge in [-0.1, -0.05) is 0 Å². The van der Waals surface area contributed by atoms with Crippen molar-refractivity contribution in [3.8, 4) is 0 Å². The number of nitrogens with zero attached hydrogens (tertiary/aromatic N) is 3. The predicted octanol–water partition coefficient (Wildman–Crippen LogP) is 3.85. The summed E-state index contributed by atoms with van der Waals surface area (Å²) in [6.07, 6.45) is 0. The Morgan fingerprint density at radius 2 is 1.90 bits per heavy atom. The number of hydrogen-bond donors (Lipinski definition) is 1. The van der Waals surface area contributed by atoms with Gasteiger partial charge in [-0.3, -0.25) is 14.2 Å². The summed E-state index contributed by atoms with van der Waals surface area (Å²) < 4.78 is 28.0. The number of benzene rings is 1. The van der Waals surface area contributed by atoms with E-state index >= 15 is 0 Å². The van der Waals surface area contributed by atoms with E-state index in [1.807, 2.05) is 19.9 Å². The van der Waals surface area contributed by atoms with Crippen molar-refractivity contribution in [2.24, 2.45) is 0 Å². The van der Waals surface area contributed by atoms with Gasteiger partial charge in [0.25, 0.3) is 5.56 Å². The van der Waals surface area contributed by atoms with Crippen LogP contribution in [0.25, 0.3) is 20.4 Å². The molecule has 1 amide bonds. The molecule has 3 aromatic heterocycles. The Hall–Kier alpha value is -3.20. The van der Waals surface area contributed by atoms with Crippen molar-refractivity contribution in [3.05, 3.63) is 63.3 Å². The molecule has 0 fully saturated rings. The number of aryl methyl sites for hydroxylation is 3. The molecule has 4 aromatic rings. The van der Waals surface area contributed by atoms with Crippen molar-refractivity contribution in [2.45, 2.75) is 27.3 Å². The van der Waals surface area contributed by atoms with Crippen LogP contribution in [0.3, 0.4) is 0 Å². The Balaban J connectivity index is 1.73. The summed E-state index contributed by atoms with van der Waals surface area (Å²) in [5.41, 5.74) is 2.18. The lowest BCUT2D eigenvalue weighted by atomic mass is 10.1. The number of hydrogen-bond acceptors (Lipinski definition) is 5. The highest BCUT2D eigenvalue weighted by Gasteiger charge is 2.18. The van der Waals surface area contributed by atoms with Crippen LogP contribution in [0, 0.1) is 32.4 Å². The van der Waals surface area contributed by atoms with Gasteiger partial charge in [0.2, 0.25) is 5.91 Å². The average molecular weight is 414 g/mol. The number of pyridine rings is 1. The molecule has 148 valence electrons. The lowest BCUT2D eigenvalue weighted by molar-refractivity contribution is -0.116. The fraction of sp³-hybridized carbons (Fsp3) is 0.200. The van der Waals surface area contributed by atoms with Gasteiger partial charge in [-0.25, -0.2) is 18.7 Å². The molecule has 0 unspecified atom stereocenters. The smallest absolute Gasteiger partial charge is 0.272 e. The summed E-state index contributed by atoms with van der Waals surface area (Å²) in [6.45, 7) is 5.18. The third kappa shape index (κ3) is 3.38. The minimum absolute atomic E-state index is 0.103. The van der Waals surface area contributed by atoms with E-state index in [2.05, 4.69) is 15.3 Å². The standard InChI is InChI=1S/C20H16F2N4O2S/c1-9-6-10(2)23-19-16(9)17-18(29-19)20(28)26(11(3)24-17)8-15(27)25-12-4-5-13(21)14(22)7-12/h4-7H,8H2,1-3H3,(H,25,27). The second kappa shape index (κ2) is 7.00. The summed E-state index contributed by atoms with van der Waals surface area (Å²) in [4.78, 5) is 35.1. The highest BCUT2D eigenvalue weighted by Crippen LogP contribution is 2.32. The van der Waals surface area contributed by atoms with Crippen molar-refractivity contribution < 1.29 is 13.6 Å². The van der Waals surface area contributed by atoms with Crippen LogP contribution in [0.1, 0.15) is 17.1 Å². The molecule has 0 aliphatic rings. The third-order valence-electron chi connectivity index (χ3n) is 4.57. The lowest BCUT2D eigenvalue weighted by Gasteiger charge is -2.10. The predicted molar refractivity (Wildman–Crippen MR) is 108 cm³/mol. The normalized spacial score (nSPS) is 11.3. The number of thiophene rings is 1. The molecule has 4 rings (SSSR count). The zero-order valence-corrected chi connectivity index (χ0v) is 16.7. The molecule has 0 radical (unpaired) electrons. The van der Waals surface area contributed by atoms with Gasteiger partial charge < -0.3 is 5.32 Å². The maximum Gasteiger partial charge on any atom is 0.272 e. The summed E-state index contributed by atoms with van der Waals surface area (Å²) in [5.74, 6) is -2.24. The van der Waals surface area contributed by atoms with Crippen molar-refractivity contribution in [1.82, 2.24) is 14.5 Å². The molecule has 0 saturated carbocycles. The first-order valence-electron chi connectivity index (χ1n) is 8.77. The minimum atomic E-state index is -1.07. The first kappa shape index (κ1) is 19.1. The second-order valence-electron chi connectivity index (χ2n) is 6.77. The van der Waals surface area contributed by atoms with Crippen molar-refractivity contribution in [2.75, 3.05) is 5.32 Å². The summed E-state index contributed by atoms with van der Waals surface area (Å²) >= 11 is 1.24. The number of carbonyl (C=O) groups is 1. The van der Waals surface area contributed by atoms with Gasteiger partial charge in [0.1, 0.15) is 21.9 Å². The molecule has 0 aliphatic heterocycles. The van der Waals surface area contributed by atoms with Crippen LogP contribution in [0.15, 0.2) is 29.1 Å². The maximum atomic E-state index is 13.3. The Morgan fingerprint density at radius 3 is 2.62 bits per heavy atom. The highest BCUT2D eigenvalue weighted by atomic mass is 32.1. The van der Waals surface area contributed by atoms with Crippen LogP contribution >= 0.6 is 11.3 Å². The molecule has 3 heterocycles. The van der Waals surface area contributed by atoms with Crippen LogP contribution < -0.4 is 10.9 Å². The van der Waals surface area contributed by atoms with Crippen molar-refractivity contribution in [3.63, 3.8) is 0 Å². The molecule has 0 atom stereocenters. The molecule has 0 aliphatic carbocycles. The first-order chi connectivity index (χ1) is 13.7. The molecule has 6 nitrogen and oxygen atoms in total. The van der Waals surface area contributed by atoms with Crippen molar-refractivity contribution in [1.29, 1.82) is 0 Å². The summed E-state index contributed by atoms with van der Waals surface area (Å²) in [7, 11) is 0. The zero-order chi connectivity index (χ0) is 20.9. The molecule has 9 heteroatoms. The van der Waals surface area contributed by atoms with Gasteiger partial charge in [-0.05, 0) is 44.5 Å². The van der Waals surface area contributed by atoms with Gasteiger partial charge in [0.15, 0.2) is 11.6 Å². The Bertz CT molecular complexity index is 1360. The molecular weight excluding hydrogens is 398 g/mol. The number of aromatic nitrogens is 3. The third-order valence-corrected chi connectivity index (χ3v) is 5.63. The molecule has 1 aromatic carbocycles. The number of fused-ring (bicyclic) bond motifs is 3. The van der Waals surface area contributed by atoms with Gasteiger partial charge >= 0.3 is 0 Å². The average Bonchev–Trinajstić information content (AvgIpc) is 3.00. The number of anilines is 1. The van der Waals surface area contributed by atoms with Crippen LogP contribution in [0.4, 0.5) is 14.5 Å². The van der Waals surface area contributed by atoms with Crippen LogP contribution in [-0.2, 0) is 11.3 Å². The molecule has 0 spiro atoms. The largest absolute Gasteiger partial charge is 0.324 e. The maximum absolute atomic E-state index is 13.3. The van der Waals surface area contributed by atoms with Crippen LogP contribution in [-0.4, -0.2) is 20.4 Å². The van der Waals surface area contributed by atoms with Crippen LogP contribution in [0.5, 0.6) is 0 Å². The van der Waals surface area contributed by atoms with Gasteiger partial charge in [0.05, 0.1) is 5.52 Å². The van der Waals surface area contributed by atoms with E-state index < -0.39 is 17.5 Å². The summed E-state index contributed by atoms with van der Waals surface area (Å²) in [6, 6.07) is 4.99. The van der Waals surface area contributed by atoms with E-state index in [4.69, 9.17) is 0 Å². The lowest BCUT2D eigenvalue weighted by Crippen LogP contribution is -2.29. The number of nitrogens with one attached hydrogen (secondary N) is 1. The Morgan fingerprint density at radius 1 is 1.14 bits per heavy atom. The Labute approximate surface area is 167 Å². The van der Waals surface area contributed by atoms with Gasteiger partial charge in [0, 0.05) is 22.8 Å². The Kier molecular flexibility index (Phi) is 4.62. The molecule has 0 saturated heterocycles. The highest BCUT2D eigenvalue weighted by molar-refractivity contribution is 7.25. The van der Waals surface area contributed by atoms with E-state index in [-0.39, 0.29) is 17.8 Å². The fourth-order valence-corrected chi connectivity index (χ4v) is 4.46. The van der Waals surface area contributed by atoms with E-state index in [1.54, 1.807) is 6.92 Å². The van der Waals surface area contributed by atoms with E-state index in [9.17, 15) is 18.4 Å². The molecule has 29 heavy (non-hydrogen) atoms.